The molecule has 0 atom stereocenters. The van der Waals surface area contributed by atoms with Gasteiger partial charge in [-0.05, 0) is 19.1 Å². The van der Waals surface area contributed by atoms with Crippen LogP contribution in [0.2, 0.25) is 0 Å². The molecule has 0 bridgehead atoms. The van der Waals surface area contributed by atoms with Gasteiger partial charge in [0.05, 0.1) is 0 Å². The monoisotopic (exact) mass is 231 g/mol. The lowest BCUT2D eigenvalue weighted by atomic mass is 10.2. The highest BCUT2D eigenvalue weighted by atomic mass is 16.1. The van der Waals surface area contributed by atoms with E-state index in [1.54, 1.807) is 31.6 Å². The number of carbonyl (C=O) groups is 1. The normalized spacial score (nSPS) is 10.0. The molecular weight excluding hydrogens is 218 g/mol. The minimum absolute atomic E-state index is 0.220. The van der Waals surface area contributed by atoms with Crippen molar-refractivity contribution in [2.45, 2.75) is 6.92 Å². The van der Waals surface area contributed by atoms with Gasteiger partial charge in [0.1, 0.15) is 5.82 Å². The van der Waals surface area contributed by atoms with E-state index in [1.165, 1.54) is 0 Å². The lowest BCUT2D eigenvalue weighted by molar-refractivity contribution is 0.102. The summed E-state index contributed by atoms with van der Waals surface area (Å²) in [6, 6.07) is 3.41. The molecule has 0 aliphatic carbocycles. The maximum atomic E-state index is 11.9. The molecule has 3 N–H and O–H groups in total. The summed E-state index contributed by atoms with van der Waals surface area (Å²) in [6.07, 6.45) is 3.22. The molecule has 17 heavy (non-hydrogen) atoms. The average Bonchev–Trinajstić information content (AvgIpc) is 2.81. The second kappa shape index (κ2) is 4.65. The number of nitrogens with zero attached hydrogens (tertiary/aromatic N) is 2. The van der Waals surface area contributed by atoms with Crippen LogP contribution in [0.5, 0.6) is 0 Å². The summed E-state index contributed by atoms with van der Waals surface area (Å²) < 4.78 is 0. The van der Waals surface area contributed by atoms with E-state index in [2.05, 4.69) is 25.6 Å². The number of H-pyrrole nitrogens is 1. The smallest absolute Gasteiger partial charge is 0.258 e. The summed E-state index contributed by atoms with van der Waals surface area (Å²) in [5, 5.41) is 5.56. The molecule has 1 amide bonds. The molecule has 2 aromatic rings. The zero-order valence-electron chi connectivity index (χ0n) is 9.61. The quantitative estimate of drug-likeness (QED) is 0.745. The van der Waals surface area contributed by atoms with E-state index >= 15 is 0 Å². The average molecular weight is 231 g/mol. The summed E-state index contributed by atoms with van der Waals surface area (Å²) in [7, 11) is 1.76. The van der Waals surface area contributed by atoms with E-state index in [-0.39, 0.29) is 5.91 Å². The van der Waals surface area contributed by atoms with Crippen molar-refractivity contribution in [3.63, 3.8) is 0 Å². The number of aromatic amines is 1. The first kappa shape index (κ1) is 11.1. The Balaban J connectivity index is 2.21. The number of amides is 1. The van der Waals surface area contributed by atoms with E-state index in [0.717, 1.165) is 5.69 Å². The molecule has 88 valence electrons. The molecule has 0 aliphatic heterocycles. The molecule has 6 heteroatoms. The fourth-order valence-corrected chi connectivity index (χ4v) is 1.44. The van der Waals surface area contributed by atoms with E-state index in [1.807, 2.05) is 6.92 Å². The molecule has 2 rings (SSSR count). The highest BCUT2D eigenvalue weighted by Gasteiger charge is 2.09. The zero-order chi connectivity index (χ0) is 12.3. The van der Waals surface area contributed by atoms with Gasteiger partial charge in [0.2, 0.25) is 5.95 Å². The number of pyridine rings is 1. The van der Waals surface area contributed by atoms with Gasteiger partial charge >= 0.3 is 0 Å². The number of carbonyl (C=O) groups excluding carboxylic acids is 1. The molecule has 2 heterocycles. The Labute approximate surface area is 98.5 Å². The number of hydrogen-bond donors (Lipinski definition) is 3. The Hall–Kier alpha value is -2.37. The van der Waals surface area contributed by atoms with Crippen LogP contribution in [0.15, 0.2) is 24.5 Å². The van der Waals surface area contributed by atoms with Crippen molar-refractivity contribution in [3.8, 4) is 0 Å². The van der Waals surface area contributed by atoms with Gasteiger partial charge in [-0.2, -0.15) is 0 Å². The summed E-state index contributed by atoms with van der Waals surface area (Å²) in [5.41, 5.74) is 1.32. The molecule has 0 unspecified atom stereocenters. The van der Waals surface area contributed by atoms with Crippen LogP contribution in [0, 0.1) is 6.92 Å². The third kappa shape index (κ3) is 2.60. The van der Waals surface area contributed by atoms with Crippen LogP contribution in [-0.4, -0.2) is 27.9 Å². The number of rotatable bonds is 3. The fourth-order valence-electron chi connectivity index (χ4n) is 1.44. The van der Waals surface area contributed by atoms with Crippen molar-refractivity contribution < 1.29 is 4.79 Å². The maximum absolute atomic E-state index is 11.9. The van der Waals surface area contributed by atoms with E-state index in [0.29, 0.717) is 17.3 Å². The van der Waals surface area contributed by atoms with Crippen LogP contribution in [-0.2, 0) is 0 Å². The first-order chi connectivity index (χ1) is 8.19. The third-order valence-electron chi connectivity index (χ3n) is 2.20. The van der Waals surface area contributed by atoms with Crippen molar-refractivity contribution in [1.29, 1.82) is 0 Å². The van der Waals surface area contributed by atoms with Crippen LogP contribution >= 0.6 is 0 Å². The molecule has 0 radical (unpaired) electrons. The minimum atomic E-state index is -0.220. The summed E-state index contributed by atoms with van der Waals surface area (Å²) in [5.74, 6) is 0.868. The van der Waals surface area contributed by atoms with Gasteiger partial charge in [0.25, 0.3) is 5.91 Å². The Morgan fingerprint density at radius 2 is 2.24 bits per heavy atom. The Kier molecular flexibility index (Phi) is 3.04. The van der Waals surface area contributed by atoms with Crippen LogP contribution in [0.4, 0.5) is 11.8 Å². The van der Waals surface area contributed by atoms with Gasteiger partial charge in [-0.25, -0.2) is 9.97 Å². The summed E-state index contributed by atoms with van der Waals surface area (Å²) in [4.78, 5) is 22.9. The number of imidazole rings is 1. The van der Waals surface area contributed by atoms with Crippen molar-refractivity contribution in [2.24, 2.45) is 0 Å². The van der Waals surface area contributed by atoms with Crippen molar-refractivity contribution in [3.05, 3.63) is 35.8 Å². The van der Waals surface area contributed by atoms with E-state index < -0.39 is 0 Å². The van der Waals surface area contributed by atoms with Crippen LogP contribution in [0.1, 0.15) is 16.1 Å². The van der Waals surface area contributed by atoms with Gasteiger partial charge in [-0.15, -0.1) is 0 Å². The first-order valence-electron chi connectivity index (χ1n) is 5.16. The molecule has 0 saturated heterocycles. The number of anilines is 2. The molecule has 0 aromatic carbocycles. The molecular formula is C11H13N5O. The molecule has 6 nitrogen and oxygen atoms in total. The number of aryl methyl sites for hydroxylation is 1. The highest BCUT2D eigenvalue weighted by Crippen LogP contribution is 2.11. The number of hydrogen-bond acceptors (Lipinski definition) is 4. The summed E-state index contributed by atoms with van der Waals surface area (Å²) in [6.45, 7) is 1.84. The van der Waals surface area contributed by atoms with Gasteiger partial charge in [0, 0.05) is 30.7 Å². The highest BCUT2D eigenvalue weighted by molar-refractivity contribution is 6.03. The first-order valence-corrected chi connectivity index (χ1v) is 5.16. The summed E-state index contributed by atoms with van der Waals surface area (Å²) >= 11 is 0. The van der Waals surface area contributed by atoms with Gasteiger partial charge in [0.15, 0.2) is 0 Å². The second-order valence-electron chi connectivity index (χ2n) is 3.52. The lowest BCUT2D eigenvalue weighted by Crippen LogP contribution is -2.14. The van der Waals surface area contributed by atoms with Gasteiger partial charge < -0.3 is 10.3 Å². The maximum Gasteiger partial charge on any atom is 0.258 e. The predicted octanol–water partition coefficient (Wildman–Crippen LogP) is 1.41. The predicted molar refractivity (Wildman–Crippen MR) is 65.1 cm³/mol. The van der Waals surface area contributed by atoms with Crippen LogP contribution in [0.3, 0.4) is 0 Å². The SMILES string of the molecule is CNc1cc(C(=O)Nc2ncc[nH]2)cc(C)n1. The van der Waals surface area contributed by atoms with Crippen LogP contribution < -0.4 is 10.6 Å². The van der Waals surface area contributed by atoms with Gasteiger partial charge in [-0.1, -0.05) is 0 Å². The zero-order valence-corrected chi connectivity index (χ0v) is 9.61. The fraction of sp³-hybridized carbons (Fsp3) is 0.182. The van der Waals surface area contributed by atoms with Gasteiger partial charge in [-0.3, -0.25) is 10.1 Å². The molecule has 0 saturated carbocycles. The molecule has 0 aliphatic rings. The van der Waals surface area contributed by atoms with E-state index in [4.69, 9.17) is 0 Å². The van der Waals surface area contributed by atoms with E-state index in [9.17, 15) is 4.79 Å². The Bertz CT molecular complexity index is 521. The minimum Gasteiger partial charge on any atom is -0.373 e. The Morgan fingerprint density at radius 1 is 1.41 bits per heavy atom. The molecule has 2 aromatic heterocycles. The second-order valence-corrected chi connectivity index (χ2v) is 3.52. The topological polar surface area (TPSA) is 82.7 Å². The van der Waals surface area contributed by atoms with Crippen molar-refractivity contribution >= 4 is 17.7 Å². The molecule has 0 spiro atoms. The van der Waals surface area contributed by atoms with Crippen LogP contribution in [0.25, 0.3) is 0 Å². The van der Waals surface area contributed by atoms with Crippen molar-refractivity contribution in [1.82, 2.24) is 15.0 Å². The Morgan fingerprint density at radius 3 is 2.88 bits per heavy atom. The number of aromatic nitrogens is 3. The lowest BCUT2D eigenvalue weighted by Gasteiger charge is -2.06. The number of nitrogens with one attached hydrogen (secondary N) is 3. The third-order valence-corrected chi connectivity index (χ3v) is 2.20. The standard InChI is InChI=1S/C11H13N5O/c1-7-5-8(6-9(12-2)15-7)10(17)16-11-13-3-4-14-11/h3-6H,1-2H3,(H,12,15)(H2,13,14,16,17). The largest absolute Gasteiger partial charge is 0.373 e. The van der Waals surface area contributed by atoms with Crippen molar-refractivity contribution in [2.75, 3.05) is 17.7 Å². The molecule has 0 fully saturated rings.